The first-order valence-corrected chi connectivity index (χ1v) is 9.12. The molecule has 1 fully saturated rings. The molecule has 0 radical (unpaired) electrons. The normalized spacial score (nSPS) is 18.6. The van der Waals surface area contributed by atoms with Gasteiger partial charge in [-0.05, 0) is 39.8 Å². The third-order valence-electron chi connectivity index (χ3n) is 4.54. The van der Waals surface area contributed by atoms with Crippen LogP contribution in [0.2, 0.25) is 0 Å². The monoisotopic (exact) mass is 327 g/mol. The summed E-state index contributed by atoms with van der Waals surface area (Å²) in [6.45, 7) is 21.5. The van der Waals surface area contributed by atoms with Gasteiger partial charge < -0.3 is 14.5 Å². The second kappa shape index (κ2) is 8.88. The molecule has 1 aliphatic rings. The fraction of sp³-hybridized carbons (Fsp3) is 0.944. The number of rotatable bonds is 6. The Kier molecular flexibility index (Phi) is 7.81. The van der Waals surface area contributed by atoms with Crippen LogP contribution in [0.15, 0.2) is 0 Å². The summed E-state index contributed by atoms with van der Waals surface area (Å²) >= 11 is 0. The first kappa shape index (κ1) is 20.2. The van der Waals surface area contributed by atoms with E-state index < -0.39 is 5.60 Å². The molecule has 1 unspecified atom stereocenters. The lowest BCUT2D eigenvalue weighted by Crippen LogP contribution is -2.56. The van der Waals surface area contributed by atoms with Crippen molar-refractivity contribution in [2.75, 3.05) is 45.8 Å². The summed E-state index contributed by atoms with van der Waals surface area (Å²) in [5, 5.41) is 0. The van der Waals surface area contributed by atoms with Gasteiger partial charge in [0.25, 0.3) is 0 Å². The summed E-state index contributed by atoms with van der Waals surface area (Å²) in [5.41, 5.74) is -0.419. The zero-order valence-corrected chi connectivity index (χ0v) is 16.3. The molecule has 1 aliphatic heterocycles. The Morgan fingerprint density at radius 1 is 1.09 bits per heavy atom. The number of amides is 1. The molecule has 1 heterocycles. The molecule has 0 bridgehead atoms. The minimum absolute atomic E-state index is 0.179. The van der Waals surface area contributed by atoms with E-state index in [0.29, 0.717) is 12.0 Å². The maximum absolute atomic E-state index is 12.2. The van der Waals surface area contributed by atoms with Crippen LogP contribution in [0.5, 0.6) is 0 Å². The molecule has 136 valence electrons. The molecule has 0 aliphatic carbocycles. The van der Waals surface area contributed by atoms with E-state index in [1.165, 1.54) is 0 Å². The van der Waals surface area contributed by atoms with Crippen molar-refractivity contribution in [3.05, 3.63) is 0 Å². The Balaban J connectivity index is 2.56. The highest BCUT2D eigenvalue weighted by molar-refractivity contribution is 5.68. The van der Waals surface area contributed by atoms with Gasteiger partial charge in [-0.1, -0.05) is 27.7 Å². The van der Waals surface area contributed by atoms with Crippen molar-refractivity contribution in [2.45, 2.75) is 60.1 Å². The minimum Gasteiger partial charge on any atom is -0.444 e. The molecule has 5 heteroatoms. The summed E-state index contributed by atoms with van der Waals surface area (Å²) in [5.74, 6) is 0.615. The van der Waals surface area contributed by atoms with Crippen LogP contribution < -0.4 is 0 Å². The lowest BCUT2D eigenvalue weighted by molar-refractivity contribution is 0.00475. The summed E-state index contributed by atoms with van der Waals surface area (Å²) in [7, 11) is 0. The minimum atomic E-state index is -0.419. The fourth-order valence-corrected chi connectivity index (χ4v) is 3.06. The number of hydrogen-bond donors (Lipinski definition) is 0. The van der Waals surface area contributed by atoms with Crippen molar-refractivity contribution in [3.8, 4) is 0 Å². The lowest BCUT2D eigenvalue weighted by atomic mass is 10.0. The topological polar surface area (TPSA) is 36.0 Å². The Morgan fingerprint density at radius 2 is 1.61 bits per heavy atom. The molecule has 0 aromatic heterocycles. The standard InChI is InChI=1S/C18H37N3O2/c1-8-19(9-2)14-16(15(3)4)20-10-12-21(13-11-20)17(22)23-18(5,6)7/h15-16H,8-14H2,1-7H3. The zero-order chi connectivity index (χ0) is 17.6. The van der Waals surface area contributed by atoms with Crippen LogP contribution in [0.25, 0.3) is 0 Å². The molecule has 0 aromatic rings. The van der Waals surface area contributed by atoms with Crippen molar-refractivity contribution in [2.24, 2.45) is 5.92 Å². The number of carbonyl (C=O) groups is 1. The Labute approximate surface area is 142 Å². The van der Waals surface area contributed by atoms with Gasteiger partial charge >= 0.3 is 6.09 Å². The highest BCUT2D eigenvalue weighted by Crippen LogP contribution is 2.17. The zero-order valence-electron chi connectivity index (χ0n) is 16.3. The smallest absolute Gasteiger partial charge is 0.410 e. The van der Waals surface area contributed by atoms with Crippen LogP contribution in [0.4, 0.5) is 4.79 Å². The van der Waals surface area contributed by atoms with Gasteiger partial charge in [-0.2, -0.15) is 0 Å². The predicted octanol–water partition coefficient (Wildman–Crippen LogP) is 2.91. The quantitative estimate of drug-likeness (QED) is 0.751. The van der Waals surface area contributed by atoms with E-state index >= 15 is 0 Å². The molecule has 1 rings (SSSR count). The van der Waals surface area contributed by atoms with Gasteiger partial charge in [-0.3, -0.25) is 4.90 Å². The van der Waals surface area contributed by atoms with Crippen molar-refractivity contribution >= 4 is 6.09 Å². The van der Waals surface area contributed by atoms with Gasteiger partial charge in [-0.25, -0.2) is 4.79 Å². The van der Waals surface area contributed by atoms with Crippen molar-refractivity contribution in [3.63, 3.8) is 0 Å². The maximum Gasteiger partial charge on any atom is 0.410 e. The van der Waals surface area contributed by atoms with Gasteiger partial charge in [0.15, 0.2) is 0 Å². The van der Waals surface area contributed by atoms with Gasteiger partial charge in [0.1, 0.15) is 5.60 Å². The SMILES string of the molecule is CCN(CC)CC(C(C)C)N1CCN(C(=O)OC(C)(C)C)CC1. The first-order valence-electron chi connectivity index (χ1n) is 9.12. The average Bonchev–Trinajstić information content (AvgIpc) is 2.46. The highest BCUT2D eigenvalue weighted by atomic mass is 16.6. The average molecular weight is 328 g/mol. The third-order valence-corrected chi connectivity index (χ3v) is 4.54. The maximum atomic E-state index is 12.2. The summed E-state index contributed by atoms with van der Waals surface area (Å²) in [6.07, 6.45) is -0.179. The largest absolute Gasteiger partial charge is 0.444 e. The summed E-state index contributed by atoms with van der Waals surface area (Å²) < 4.78 is 5.48. The van der Waals surface area contributed by atoms with E-state index in [-0.39, 0.29) is 6.09 Å². The van der Waals surface area contributed by atoms with Gasteiger partial charge in [0.05, 0.1) is 0 Å². The molecule has 0 spiro atoms. The molecule has 5 nitrogen and oxygen atoms in total. The molecule has 0 saturated carbocycles. The predicted molar refractivity (Wildman–Crippen MR) is 95.8 cm³/mol. The summed E-state index contributed by atoms with van der Waals surface area (Å²) in [4.78, 5) is 19.1. The van der Waals surface area contributed by atoms with Crippen LogP contribution >= 0.6 is 0 Å². The Morgan fingerprint density at radius 3 is 2.00 bits per heavy atom. The summed E-state index contributed by atoms with van der Waals surface area (Å²) in [6, 6.07) is 0.552. The Bertz CT molecular complexity index is 354. The number of hydrogen-bond acceptors (Lipinski definition) is 4. The van der Waals surface area contributed by atoms with Gasteiger partial charge in [0, 0.05) is 38.8 Å². The van der Waals surface area contributed by atoms with Gasteiger partial charge in [-0.15, -0.1) is 0 Å². The molecule has 23 heavy (non-hydrogen) atoms. The number of piperazine rings is 1. The van der Waals surface area contributed by atoms with Gasteiger partial charge in [0.2, 0.25) is 0 Å². The molecule has 1 amide bonds. The van der Waals surface area contributed by atoms with Crippen LogP contribution in [-0.2, 0) is 4.74 Å². The van der Waals surface area contributed by atoms with Crippen LogP contribution in [0.1, 0.15) is 48.5 Å². The van der Waals surface area contributed by atoms with Crippen molar-refractivity contribution in [1.29, 1.82) is 0 Å². The number of carbonyl (C=O) groups excluding carboxylic acids is 1. The van der Waals surface area contributed by atoms with Crippen molar-refractivity contribution < 1.29 is 9.53 Å². The molecular weight excluding hydrogens is 290 g/mol. The number of nitrogens with zero attached hydrogens (tertiary/aromatic N) is 3. The molecular formula is C18H37N3O2. The van der Waals surface area contributed by atoms with Crippen LogP contribution in [0.3, 0.4) is 0 Å². The van der Waals surface area contributed by atoms with E-state index in [0.717, 1.165) is 45.8 Å². The van der Waals surface area contributed by atoms with Crippen LogP contribution in [-0.4, -0.2) is 78.2 Å². The second-order valence-corrected chi connectivity index (χ2v) is 7.80. The molecule has 0 N–H and O–H groups in total. The Hall–Kier alpha value is -0.810. The first-order chi connectivity index (χ1) is 10.7. The molecule has 1 atom stereocenters. The second-order valence-electron chi connectivity index (χ2n) is 7.80. The van der Waals surface area contributed by atoms with E-state index in [2.05, 4.69) is 37.5 Å². The third kappa shape index (κ3) is 6.68. The molecule has 0 aromatic carbocycles. The van der Waals surface area contributed by atoms with E-state index in [9.17, 15) is 4.79 Å². The van der Waals surface area contributed by atoms with Crippen LogP contribution in [0, 0.1) is 5.92 Å². The van der Waals surface area contributed by atoms with E-state index in [1.54, 1.807) is 0 Å². The molecule has 1 saturated heterocycles. The van der Waals surface area contributed by atoms with Crippen molar-refractivity contribution in [1.82, 2.24) is 14.7 Å². The lowest BCUT2D eigenvalue weighted by Gasteiger charge is -2.42. The highest BCUT2D eigenvalue weighted by Gasteiger charge is 2.30. The number of likely N-dealkylation sites (N-methyl/N-ethyl adjacent to an activating group) is 1. The fourth-order valence-electron chi connectivity index (χ4n) is 3.06. The number of ether oxygens (including phenoxy) is 1. The van der Waals surface area contributed by atoms with E-state index in [1.807, 2.05) is 25.7 Å². The van der Waals surface area contributed by atoms with E-state index in [4.69, 9.17) is 4.74 Å².